The number of nitrogens with zero attached hydrogens (tertiary/aromatic N) is 1. The molecule has 0 aromatic heterocycles. The molecule has 3 N–H and O–H groups in total. The van der Waals surface area contributed by atoms with Crippen LogP contribution in [0.15, 0.2) is 30.3 Å². The van der Waals surface area contributed by atoms with Crippen molar-refractivity contribution in [1.82, 2.24) is 10.6 Å². The molecule has 2 rings (SSSR count). The van der Waals surface area contributed by atoms with Crippen LogP contribution in [-0.4, -0.2) is 49.8 Å². The lowest BCUT2D eigenvalue weighted by molar-refractivity contribution is -0.122. The maximum atomic E-state index is 11.8. The Labute approximate surface area is 120 Å². The summed E-state index contributed by atoms with van der Waals surface area (Å²) in [4.78, 5) is 14.0. The van der Waals surface area contributed by atoms with Gasteiger partial charge in [-0.3, -0.25) is 4.79 Å². The van der Waals surface area contributed by atoms with Crippen molar-refractivity contribution < 1.29 is 9.90 Å². The molecule has 5 nitrogen and oxygen atoms in total. The minimum absolute atomic E-state index is 0.0103. The second kappa shape index (κ2) is 7.26. The second-order valence-electron chi connectivity index (χ2n) is 5.25. The Morgan fingerprint density at radius 1 is 1.45 bits per heavy atom. The first kappa shape index (κ1) is 14.8. The number of amides is 1. The molecule has 20 heavy (non-hydrogen) atoms. The molecule has 1 aliphatic heterocycles. The van der Waals surface area contributed by atoms with E-state index in [1.807, 2.05) is 25.2 Å². The van der Waals surface area contributed by atoms with E-state index in [0.29, 0.717) is 19.5 Å². The number of β-amino-alcohol motifs (C(OH)–C–C–N with tert-alkyl or cyclic N) is 1. The Balaban J connectivity index is 1.63. The zero-order chi connectivity index (χ0) is 14.4. The van der Waals surface area contributed by atoms with Gasteiger partial charge in [0.05, 0.1) is 12.1 Å². The van der Waals surface area contributed by atoms with Gasteiger partial charge in [0.1, 0.15) is 0 Å². The third-order valence-electron chi connectivity index (χ3n) is 3.59. The van der Waals surface area contributed by atoms with E-state index in [9.17, 15) is 9.90 Å². The average molecular weight is 277 g/mol. The highest BCUT2D eigenvalue weighted by Gasteiger charge is 2.27. The number of para-hydroxylation sites is 1. The minimum Gasteiger partial charge on any atom is -0.392 e. The number of nitrogens with one attached hydrogen (secondary N) is 2. The van der Waals surface area contributed by atoms with Crippen LogP contribution in [0.5, 0.6) is 0 Å². The molecule has 1 aromatic carbocycles. The van der Waals surface area contributed by atoms with Crippen molar-refractivity contribution in [2.45, 2.75) is 25.0 Å². The SMILES string of the molecule is CN(CCCNC(=O)C1CC(O)CN1)c1ccccc1. The minimum atomic E-state index is -0.394. The van der Waals surface area contributed by atoms with Crippen LogP contribution in [0.4, 0.5) is 5.69 Å². The van der Waals surface area contributed by atoms with Crippen molar-refractivity contribution >= 4 is 11.6 Å². The van der Waals surface area contributed by atoms with E-state index in [2.05, 4.69) is 27.7 Å². The fourth-order valence-corrected chi connectivity index (χ4v) is 2.38. The molecule has 0 radical (unpaired) electrons. The molecule has 0 bridgehead atoms. The van der Waals surface area contributed by atoms with E-state index in [0.717, 1.165) is 13.0 Å². The van der Waals surface area contributed by atoms with Crippen LogP contribution in [0, 0.1) is 0 Å². The zero-order valence-corrected chi connectivity index (χ0v) is 11.9. The molecule has 0 aliphatic carbocycles. The van der Waals surface area contributed by atoms with Gasteiger partial charge in [0.25, 0.3) is 0 Å². The van der Waals surface area contributed by atoms with Crippen molar-refractivity contribution in [2.24, 2.45) is 0 Å². The molecule has 0 spiro atoms. The largest absolute Gasteiger partial charge is 0.392 e. The molecule has 1 amide bonds. The van der Waals surface area contributed by atoms with Gasteiger partial charge in [-0.15, -0.1) is 0 Å². The Kier molecular flexibility index (Phi) is 5.38. The van der Waals surface area contributed by atoms with Crippen molar-refractivity contribution in [2.75, 3.05) is 31.6 Å². The van der Waals surface area contributed by atoms with Crippen LogP contribution >= 0.6 is 0 Å². The van der Waals surface area contributed by atoms with Gasteiger partial charge in [0.15, 0.2) is 0 Å². The number of rotatable bonds is 6. The van der Waals surface area contributed by atoms with Gasteiger partial charge in [-0.2, -0.15) is 0 Å². The summed E-state index contributed by atoms with van der Waals surface area (Å²) in [6, 6.07) is 9.94. The Hall–Kier alpha value is -1.59. The first-order chi connectivity index (χ1) is 9.66. The van der Waals surface area contributed by atoms with Crippen LogP contribution in [0.2, 0.25) is 0 Å². The van der Waals surface area contributed by atoms with E-state index < -0.39 is 6.10 Å². The number of benzene rings is 1. The van der Waals surface area contributed by atoms with Crippen LogP contribution in [0.1, 0.15) is 12.8 Å². The van der Waals surface area contributed by atoms with Gasteiger partial charge < -0.3 is 20.6 Å². The van der Waals surface area contributed by atoms with Gasteiger partial charge in [0, 0.05) is 32.4 Å². The van der Waals surface area contributed by atoms with Crippen LogP contribution < -0.4 is 15.5 Å². The molecular weight excluding hydrogens is 254 g/mol. The van der Waals surface area contributed by atoms with Crippen LogP contribution in [-0.2, 0) is 4.79 Å². The lowest BCUT2D eigenvalue weighted by Gasteiger charge is -2.19. The van der Waals surface area contributed by atoms with E-state index in [4.69, 9.17) is 0 Å². The number of anilines is 1. The first-order valence-corrected chi connectivity index (χ1v) is 7.12. The Morgan fingerprint density at radius 3 is 2.85 bits per heavy atom. The number of aliphatic hydroxyl groups excluding tert-OH is 1. The number of carbonyl (C=O) groups is 1. The summed E-state index contributed by atoms with van der Waals surface area (Å²) in [6.07, 6.45) is 1.01. The topological polar surface area (TPSA) is 64.6 Å². The summed E-state index contributed by atoms with van der Waals surface area (Å²) < 4.78 is 0. The quantitative estimate of drug-likeness (QED) is 0.657. The molecular formula is C15H23N3O2. The van der Waals surface area contributed by atoms with Crippen molar-refractivity contribution in [3.63, 3.8) is 0 Å². The summed E-state index contributed by atoms with van der Waals surface area (Å²) in [7, 11) is 2.05. The molecule has 1 aliphatic rings. The van der Waals surface area contributed by atoms with Gasteiger partial charge in [-0.1, -0.05) is 18.2 Å². The Morgan fingerprint density at radius 2 is 2.20 bits per heavy atom. The van der Waals surface area contributed by atoms with Crippen molar-refractivity contribution in [3.8, 4) is 0 Å². The van der Waals surface area contributed by atoms with Crippen molar-refractivity contribution in [1.29, 1.82) is 0 Å². The lowest BCUT2D eigenvalue weighted by atomic mass is 10.2. The molecule has 5 heteroatoms. The standard InChI is InChI=1S/C15H23N3O2/c1-18(12-6-3-2-4-7-12)9-5-8-16-15(20)14-10-13(19)11-17-14/h2-4,6-7,13-14,17,19H,5,8-11H2,1H3,(H,16,20). The predicted octanol–water partition coefficient (Wildman–Crippen LogP) is 0.352. The van der Waals surface area contributed by atoms with Gasteiger partial charge >= 0.3 is 0 Å². The fraction of sp³-hybridized carbons (Fsp3) is 0.533. The zero-order valence-electron chi connectivity index (χ0n) is 11.9. The van der Waals surface area contributed by atoms with E-state index >= 15 is 0 Å². The predicted molar refractivity (Wildman–Crippen MR) is 79.8 cm³/mol. The van der Waals surface area contributed by atoms with Gasteiger partial charge in [-0.05, 0) is 25.0 Å². The number of aliphatic hydroxyl groups is 1. The molecule has 1 heterocycles. The van der Waals surface area contributed by atoms with Crippen LogP contribution in [0.25, 0.3) is 0 Å². The maximum Gasteiger partial charge on any atom is 0.237 e. The summed E-state index contributed by atoms with van der Waals surface area (Å²) in [6.45, 7) is 2.06. The van der Waals surface area contributed by atoms with E-state index in [-0.39, 0.29) is 11.9 Å². The van der Waals surface area contributed by atoms with E-state index in [1.54, 1.807) is 0 Å². The lowest BCUT2D eigenvalue weighted by Crippen LogP contribution is -2.41. The summed E-state index contributed by atoms with van der Waals surface area (Å²) >= 11 is 0. The highest BCUT2D eigenvalue weighted by Crippen LogP contribution is 2.10. The molecule has 0 saturated carbocycles. The summed E-state index contributed by atoms with van der Waals surface area (Å²) in [5.41, 5.74) is 1.18. The third kappa shape index (κ3) is 4.21. The fourth-order valence-electron chi connectivity index (χ4n) is 2.38. The average Bonchev–Trinajstić information content (AvgIpc) is 2.91. The number of hydrogen-bond donors (Lipinski definition) is 3. The number of carbonyl (C=O) groups excluding carboxylic acids is 1. The van der Waals surface area contributed by atoms with Gasteiger partial charge in [0.2, 0.25) is 5.91 Å². The molecule has 110 valence electrons. The third-order valence-corrected chi connectivity index (χ3v) is 3.59. The maximum absolute atomic E-state index is 11.8. The molecule has 2 atom stereocenters. The molecule has 1 aromatic rings. The van der Waals surface area contributed by atoms with Crippen LogP contribution in [0.3, 0.4) is 0 Å². The normalized spacial score (nSPS) is 21.7. The summed E-state index contributed by atoms with van der Waals surface area (Å²) in [5.74, 6) is -0.0103. The highest BCUT2D eigenvalue weighted by molar-refractivity contribution is 5.82. The molecule has 1 fully saturated rings. The molecule has 2 unspecified atom stereocenters. The number of hydrogen-bond acceptors (Lipinski definition) is 4. The van der Waals surface area contributed by atoms with E-state index in [1.165, 1.54) is 5.69 Å². The summed E-state index contributed by atoms with van der Waals surface area (Å²) in [5, 5.41) is 15.3. The van der Waals surface area contributed by atoms with Crippen molar-refractivity contribution in [3.05, 3.63) is 30.3 Å². The highest BCUT2D eigenvalue weighted by atomic mass is 16.3. The first-order valence-electron chi connectivity index (χ1n) is 7.12. The Bertz CT molecular complexity index is 424. The smallest absolute Gasteiger partial charge is 0.237 e. The monoisotopic (exact) mass is 277 g/mol. The molecule has 1 saturated heterocycles. The van der Waals surface area contributed by atoms with Gasteiger partial charge in [-0.25, -0.2) is 0 Å². The second-order valence-corrected chi connectivity index (χ2v) is 5.25.